The molecule has 1 saturated carbocycles. The molecule has 2 unspecified atom stereocenters. The summed E-state index contributed by atoms with van der Waals surface area (Å²) in [6, 6.07) is 0.257. The van der Waals surface area contributed by atoms with E-state index >= 15 is 0 Å². The van der Waals surface area contributed by atoms with Crippen LogP contribution in [-0.2, 0) is 0 Å². The van der Waals surface area contributed by atoms with E-state index in [-0.39, 0.29) is 23.7 Å². The molecule has 1 aromatic heterocycles. The van der Waals surface area contributed by atoms with Crippen LogP contribution in [0.25, 0.3) is 0 Å². The highest BCUT2D eigenvalue weighted by atomic mass is 16.2. The Hall–Kier alpha value is -1.59. The number of rotatable bonds is 3. The van der Waals surface area contributed by atoms with E-state index in [0.29, 0.717) is 0 Å². The van der Waals surface area contributed by atoms with Crippen LogP contribution in [-0.4, -0.2) is 27.1 Å². The smallest absolute Gasteiger partial charge is 0.288 e. The van der Waals surface area contributed by atoms with Gasteiger partial charge in [0.15, 0.2) is 0 Å². The molecule has 2 atom stereocenters. The summed E-state index contributed by atoms with van der Waals surface area (Å²) in [7, 11) is 0. The van der Waals surface area contributed by atoms with Crippen molar-refractivity contribution in [3.63, 3.8) is 0 Å². The molecule has 0 aliphatic heterocycles. The summed E-state index contributed by atoms with van der Waals surface area (Å²) in [5, 5.41) is 9.15. The molecule has 1 fully saturated rings. The number of hydrogen-bond acceptors (Lipinski definition) is 4. The number of carbonyl (C=O) groups excluding carboxylic acids is 1. The van der Waals surface area contributed by atoms with Crippen molar-refractivity contribution in [3.05, 3.63) is 5.82 Å². The molecule has 1 aromatic rings. The van der Waals surface area contributed by atoms with Gasteiger partial charge in [0.05, 0.1) is 0 Å². The number of nitrogens with two attached hydrogens (primary N) is 1. The molecular formula is C11H19N5O. The number of amides is 1. The second kappa shape index (κ2) is 5.16. The van der Waals surface area contributed by atoms with Gasteiger partial charge in [-0.2, -0.15) is 4.98 Å². The SMILES string of the molecule is CCC1CCCC(NC(=O)c2nc(N)n[nH]2)C1. The maximum absolute atomic E-state index is 11.8. The third-order valence-electron chi connectivity index (χ3n) is 3.41. The third kappa shape index (κ3) is 2.95. The second-order valence-corrected chi connectivity index (χ2v) is 4.65. The van der Waals surface area contributed by atoms with Crippen molar-refractivity contribution in [2.45, 2.75) is 45.1 Å². The van der Waals surface area contributed by atoms with Crippen LogP contribution in [0.1, 0.15) is 49.6 Å². The summed E-state index contributed by atoms with van der Waals surface area (Å²) >= 11 is 0. The van der Waals surface area contributed by atoms with Crippen LogP contribution in [0.4, 0.5) is 5.95 Å². The zero-order valence-corrected chi connectivity index (χ0v) is 10.1. The van der Waals surface area contributed by atoms with Gasteiger partial charge in [-0.1, -0.05) is 26.2 Å². The largest absolute Gasteiger partial charge is 0.366 e. The molecule has 4 N–H and O–H groups in total. The Morgan fingerprint density at radius 2 is 2.41 bits per heavy atom. The first-order valence-electron chi connectivity index (χ1n) is 6.17. The number of aromatic amines is 1. The Kier molecular flexibility index (Phi) is 3.61. The Morgan fingerprint density at radius 3 is 3.06 bits per heavy atom. The molecule has 0 spiro atoms. The van der Waals surface area contributed by atoms with Crippen LogP contribution in [0.5, 0.6) is 0 Å². The molecule has 0 bridgehead atoms. The van der Waals surface area contributed by atoms with E-state index < -0.39 is 0 Å². The first-order chi connectivity index (χ1) is 8.19. The lowest BCUT2D eigenvalue weighted by Crippen LogP contribution is -2.38. The first-order valence-corrected chi connectivity index (χ1v) is 6.17. The number of H-pyrrole nitrogens is 1. The molecule has 0 saturated heterocycles. The van der Waals surface area contributed by atoms with E-state index in [9.17, 15) is 4.79 Å². The summed E-state index contributed by atoms with van der Waals surface area (Å²) in [6.07, 6.45) is 5.75. The molecule has 1 aliphatic carbocycles. The molecule has 6 heteroatoms. The van der Waals surface area contributed by atoms with Crippen LogP contribution in [0.15, 0.2) is 0 Å². The summed E-state index contributed by atoms with van der Waals surface area (Å²) in [5.74, 6) is 0.816. The fourth-order valence-electron chi connectivity index (χ4n) is 2.42. The predicted molar refractivity (Wildman–Crippen MR) is 64.3 cm³/mol. The molecule has 94 valence electrons. The summed E-state index contributed by atoms with van der Waals surface area (Å²) in [6.45, 7) is 2.20. The summed E-state index contributed by atoms with van der Waals surface area (Å²) in [4.78, 5) is 15.6. The van der Waals surface area contributed by atoms with Gasteiger partial charge < -0.3 is 11.1 Å². The standard InChI is InChI=1S/C11H19N5O/c1-2-7-4-3-5-8(6-7)13-10(17)9-14-11(12)16-15-9/h7-8H,2-6H2,1H3,(H,13,17)(H3,12,14,15,16). The lowest BCUT2D eigenvalue weighted by atomic mass is 9.84. The number of nitrogens with zero attached hydrogens (tertiary/aromatic N) is 2. The monoisotopic (exact) mass is 237 g/mol. The van der Waals surface area contributed by atoms with E-state index in [0.717, 1.165) is 18.8 Å². The van der Waals surface area contributed by atoms with Gasteiger partial charge in [-0.3, -0.25) is 9.89 Å². The zero-order chi connectivity index (χ0) is 12.3. The number of hydrogen-bond donors (Lipinski definition) is 3. The minimum Gasteiger partial charge on any atom is -0.366 e. The van der Waals surface area contributed by atoms with E-state index in [1.54, 1.807) is 0 Å². The van der Waals surface area contributed by atoms with Crippen LogP contribution in [0.2, 0.25) is 0 Å². The Bertz CT molecular complexity index is 389. The number of carbonyl (C=O) groups is 1. The maximum atomic E-state index is 11.8. The van der Waals surface area contributed by atoms with Crippen LogP contribution in [0, 0.1) is 5.92 Å². The minimum atomic E-state index is -0.212. The fourth-order valence-corrected chi connectivity index (χ4v) is 2.42. The van der Waals surface area contributed by atoms with Crippen molar-refractivity contribution in [1.29, 1.82) is 0 Å². The number of nitrogens with one attached hydrogen (secondary N) is 2. The lowest BCUT2D eigenvalue weighted by molar-refractivity contribution is 0.0909. The van der Waals surface area contributed by atoms with Crippen molar-refractivity contribution in [2.24, 2.45) is 5.92 Å². The molecular weight excluding hydrogens is 218 g/mol. The van der Waals surface area contributed by atoms with Gasteiger partial charge in [0.25, 0.3) is 5.91 Å². The summed E-state index contributed by atoms with van der Waals surface area (Å²) in [5.41, 5.74) is 5.36. The second-order valence-electron chi connectivity index (χ2n) is 4.65. The minimum absolute atomic E-state index is 0.102. The number of nitrogen functional groups attached to an aromatic ring is 1. The Balaban J connectivity index is 1.90. The molecule has 1 amide bonds. The normalized spacial score (nSPS) is 24.5. The number of aromatic nitrogens is 3. The quantitative estimate of drug-likeness (QED) is 0.733. The van der Waals surface area contributed by atoms with E-state index in [1.165, 1.54) is 19.3 Å². The van der Waals surface area contributed by atoms with Crippen molar-refractivity contribution in [2.75, 3.05) is 5.73 Å². The maximum Gasteiger partial charge on any atom is 0.288 e. The molecule has 1 aliphatic rings. The highest BCUT2D eigenvalue weighted by Gasteiger charge is 2.23. The van der Waals surface area contributed by atoms with Gasteiger partial charge >= 0.3 is 0 Å². The lowest BCUT2D eigenvalue weighted by Gasteiger charge is -2.28. The molecule has 6 nitrogen and oxygen atoms in total. The number of anilines is 1. The topological polar surface area (TPSA) is 96.7 Å². The average Bonchev–Trinajstić information content (AvgIpc) is 2.76. The molecule has 0 aromatic carbocycles. The molecule has 17 heavy (non-hydrogen) atoms. The Morgan fingerprint density at radius 1 is 1.59 bits per heavy atom. The van der Waals surface area contributed by atoms with Crippen LogP contribution in [0.3, 0.4) is 0 Å². The van der Waals surface area contributed by atoms with Crippen LogP contribution < -0.4 is 11.1 Å². The Labute approximate surface area is 100 Å². The van der Waals surface area contributed by atoms with Crippen molar-refractivity contribution in [3.8, 4) is 0 Å². The predicted octanol–water partition coefficient (Wildman–Crippen LogP) is 1.09. The van der Waals surface area contributed by atoms with Gasteiger partial charge in [0.1, 0.15) is 0 Å². The van der Waals surface area contributed by atoms with Gasteiger partial charge in [-0.15, -0.1) is 5.10 Å². The van der Waals surface area contributed by atoms with E-state index in [2.05, 4.69) is 27.4 Å². The highest BCUT2D eigenvalue weighted by Crippen LogP contribution is 2.26. The van der Waals surface area contributed by atoms with Crippen molar-refractivity contribution >= 4 is 11.9 Å². The van der Waals surface area contributed by atoms with Crippen LogP contribution >= 0.6 is 0 Å². The van der Waals surface area contributed by atoms with Crippen molar-refractivity contribution < 1.29 is 4.79 Å². The first kappa shape index (κ1) is 11.9. The third-order valence-corrected chi connectivity index (χ3v) is 3.41. The van der Waals surface area contributed by atoms with Gasteiger partial charge in [-0.05, 0) is 18.8 Å². The highest BCUT2D eigenvalue weighted by molar-refractivity contribution is 5.90. The van der Waals surface area contributed by atoms with E-state index in [4.69, 9.17) is 5.73 Å². The summed E-state index contributed by atoms with van der Waals surface area (Å²) < 4.78 is 0. The zero-order valence-electron chi connectivity index (χ0n) is 10.1. The molecule has 0 radical (unpaired) electrons. The van der Waals surface area contributed by atoms with Gasteiger partial charge in [0, 0.05) is 6.04 Å². The molecule has 1 heterocycles. The average molecular weight is 237 g/mol. The van der Waals surface area contributed by atoms with E-state index in [1.807, 2.05) is 0 Å². The van der Waals surface area contributed by atoms with Crippen molar-refractivity contribution in [1.82, 2.24) is 20.5 Å². The molecule has 2 rings (SSSR count). The van der Waals surface area contributed by atoms with Gasteiger partial charge in [0.2, 0.25) is 11.8 Å². The van der Waals surface area contributed by atoms with Gasteiger partial charge in [-0.25, -0.2) is 0 Å². The fraction of sp³-hybridized carbons (Fsp3) is 0.727.